The Labute approximate surface area is 120 Å². The predicted molar refractivity (Wildman–Crippen MR) is 76.8 cm³/mol. The highest BCUT2D eigenvalue weighted by Gasteiger charge is 2.36. The number of rotatable bonds is 5. The summed E-state index contributed by atoms with van der Waals surface area (Å²) in [5.41, 5.74) is 1.11. The van der Waals surface area contributed by atoms with Crippen LogP contribution in [0.1, 0.15) is 44.1 Å². The van der Waals surface area contributed by atoms with Gasteiger partial charge in [0.1, 0.15) is 5.82 Å². The van der Waals surface area contributed by atoms with Crippen molar-refractivity contribution in [3.8, 4) is 0 Å². The van der Waals surface area contributed by atoms with E-state index in [4.69, 9.17) is 0 Å². The highest BCUT2D eigenvalue weighted by Crippen LogP contribution is 2.34. The Hall–Kier alpha value is -1.38. The summed E-state index contributed by atoms with van der Waals surface area (Å²) < 4.78 is 12.9. The van der Waals surface area contributed by atoms with Gasteiger partial charge in [-0.05, 0) is 49.8 Å². The first kappa shape index (κ1) is 13.6. The summed E-state index contributed by atoms with van der Waals surface area (Å²) in [5, 5.41) is 0. The third kappa shape index (κ3) is 3.20. The largest absolute Gasteiger partial charge is 0.339 e. The average Bonchev–Trinajstić information content (AvgIpc) is 3.18. The number of hydrogen-bond acceptors (Lipinski definition) is 1. The number of carbonyl (C=O) groups excluding carboxylic acids is 1. The van der Waals surface area contributed by atoms with Gasteiger partial charge in [-0.3, -0.25) is 4.79 Å². The van der Waals surface area contributed by atoms with E-state index in [1.807, 2.05) is 12.1 Å². The van der Waals surface area contributed by atoms with Gasteiger partial charge >= 0.3 is 0 Å². The highest BCUT2D eigenvalue weighted by molar-refractivity contribution is 5.81. The first-order chi connectivity index (χ1) is 9.74. The SMILES string of the molecule is O=C(C1CC1)N(CCc1ccc(F)cc1)C1CCCC1. The molecular weight excluding hydrogens is 253 g/mol. The van der Waals surface area contributed by atoms with Crippen LogP contribution in [0.3, 0.4) is 0 Å². The summed E-state index contributed by atoms with van der Waals surface area (Å²) in [6.45, 7) is 0.783. The Morgan fingerprint density at radius 3 is 2.35 bits per heavy atom. The molecule has 0 aromatic heterocycles. The first-order valence-corrected chi connectivity index (χ1v) is 7.79. The predicted octanol–water partition coefficient (Wildman–Crippen LogP) is 3.55. The second-order valence-electron chi connectivity index (χ2n) is 6.12. The summed E-state index contributed by atoms with van der Waals surface area (Å²) in [7, 11) is 0. The average molecular weight is 275 g/mol. The van der Waals surface area contributed by atoms with Crippen LogP contribution in [0.4, 0.5) is 4.39 Å². The van der Waals surface area contributed by atoms with Gasteiger partial charge in [-0.25, -0.2) is 4.39 Å². The molecule has 0 bridgehead atoms. The molecule has 108 valence electrons. The third-order valence-electron chi connectivity index (χ3n) is 4.53. The molecule has 2 fully saturated rings. The zero-order valence-corrected chi connectivity index (χ0v) is 11.9. The molecule has 2 aliphatic carbocycles. The molecule has 2 aliphatic rings. The van der Waals surface area contributed by atoms with Crippen molar-refractivity contribution in [2.45, 2.75) is 51.0 Å². The molecule has 20 heavy (non-hydrogen) atoms. The Bertz CT molecular complexity index is 460. The fourth-order valence-electron chi connectivity index (χ4n) is 3.15. The molecule has 1 aromatic rings. The molecule has 0 spiro atoms. The molecule has 1 aromatic carbocycles. The maximum atomic E-state index is 12.9. The van der Waals surface area contributed by atoms with Gasteiger partial charge in [-0.1, -0.05) is 25.0 Å². The van der Waals surface area contributed by atoms with Crippen molar-refractivity contribution < 1.29 is 9.18 Å². The van der Waals surface area contributed by atoms with Crippen LogP contribution in [0.2, 0.25) is 0 Å². The van der Waals surface area contributed by atoms with Crippen LogP contribution in [-0.2, 0) is 11.2 Å². The summed E-state index contributed by atoms with van der Waals surface area (Å²) in [6.07, 6.45) is 7.77. The maximum absolute atomic E-state index is 12.9. The van der Waals surface area contributed by atoms with Gasteiger partial charge < -0.3 is 4.90 Å². The minimum absolute atomic E-state index is 0.199. The van der Waals surface area contributed by atoms with Gasteiger partial charge in [0.2, 0.25) is 5.91 Å². The van der Waals surface area contributed by atoms with E-state index in [0.717, 1.165) is 44.2 Å². The molecule has 0 N–H and O–H groups in total. The molecule has 2 saturated carbocycles. The van der Waals surface area contributed by atoms with Crippen molar-refractivity contribution in [1.82, 2.24) is 4.90 Å². The van der Waals surface area contributed by atoms with Crippen molar-refractivity contribution in [2.75, 3.05) is 6.54 Å². The van der Waals surface area contributed by atoms with Crippen molar-refractivity contribution in [1.29, 1.82) is 0 Å². The van der Waals surface area contributed by atoms with Crippen molar-refractivity contribution in [2.24, 2.45) is 5.92 Å². The fourth-order valence-corrected chi connectivity index (χ4v) is 3.15. The van der Waals surface area contributed by atoms with Gasteiger partial charge in [0.15, 0.2) is 0 Å². The number of nitrogens with zero attached hydrogens (tertiary/aromatic N) is 1. The minimum atomic E-state index is -0.199. The zero-order chi connectivity index (χ0) is 13.9. The van der Waals surface area contributed by atoms with E-state index in [0.29, 0.717) is 17.9 Å². The Morgan fingerprint density at radius 2 is 1.75 bits per heavy atom. The summed E-state index contributed by atoms with van der Waals surface area (Å²) >= 11 is 0. The van der Waals surface area contributed by atoms with Crippen LogP contribution in [0.5, 0.6) is 0 Å². The highest BCUT2D eigenvalue weighted by atomic mass is 19.1. The smallest absolute Gasteiger partial charge is 0.225 e. The maximum Gasteiger partial charge on any atom is 0.225 e. The van der Waals surface area contributed by atoms with Crippen LogP contribution in [0.25, 0.3) is 0 Å². The van der Waals surface area contributed by atoms with E-state index in [2.05, 4.69) is 4.90 Å². The molecule has 0 unspecified atom stereocenters. The number of halogens is 1. The zero-order valence-electron chi connectivity index (χ0n) is 11.9. The number of carbonyl (C=O) groups is 1. The Balaban J connectivity index is 1.63. The molecule has 3 rings (SSSR count). The molecule has 0 atom stereocenters. The van der Waals surface area contributed by atoms with E-state index >= 15 is 0 Å². The molecule has 2 nitrogen and oxygen atoms in total. The van der Waals surface area contributed by atoms with Crippen LogP contribution in [0.15, 0.2) is 24.3 Å². The lowest BCUT2D eigenvalue weighted by atomic mass is 10.1. The van der Waals surface area contributed by atoms with E-state index in [1.54, 1.807) is 0 Å². The van der Waals surface area contributed by atoms with E-state index in [1.165, 1.54) is 25.0 Å². The number of hydrogen-bond donors (Lipinski definition) is 0. The molecule has 0 heterocycles. The second kappa shape index (κ2) is 5.94. The number of amides is 1. The Kier molecular flexibility index (Phi) is 4.04. The lowest BCUT2D eigenvalue weighted by Gasteiger charge is -2.29. The summed E-state index contributed by atoms with van der Waals surface area (Å²) in [5.74, 6) is 0.457. The molecule has 0 radical (unpaired) electrons. The monoisotopic (exact) mass is 275 g/mol. The van der Waals surface area contributed by atoms with Gasteiger partial charge in [0.25, 0.3) is 0 Å². The van der Waals surface area contributed by atoms with Crippen molar-refractivity contribution in [3.05, 3.63) is 35.6 Å². The van der Waals surface area contributed by atoms with Crippen LogP contribution < -0.4 is 0 Å². The lowest BCUT2D eigenvalue weighted by Crippen LogP contribution is -2.41. The molecule has 1 amide bonds. The van der Waals surface area contributed by atoms with Crippen molar-refractivity contribution >= 4 is 5.91 Å². The van der Waals surface area contributed by atoms with Gasteiger partial charge in [-0.15, -0.1) is 0 Å². The van der Waals surface area contributed by atoms with Crippen LogP contribution >= 0.6 is 0 Å². The van der Waals surface area contributed by atoms with Gasteiger partial charge in [0.05, 0.1) is 0 Å². The third-order valence-corrected chi connectivity index (χ3v) is 4.53. The second-order valence-corrected chi connectivity index (χ2v) is 6.12. The van der Waals surface area contributed by atoms with E-state index < -0.39 is 0 Å². The first-order valence-electron chi connectivity index (χ1n) is 7.79. The summed E-state index contributed by atoms with van der Waals surface area (Å²) in [4.78, 5) is 14.6. The summed E-state index contributed by atoms with van der Waals surface area (Å²) in [6, 6.07) is 7.09. The minimum Gasteiger partial charge on any atom is -0.339 e. The molecule has 0 saturated heterocycles. The quantitative estimate of drug-likeness (QED) is 0.804. The standard InChI is InChI=1S/C17H22FNO/c18-15-9-5-13(6-10-15)11-12-19(16-3-1-2-4-16)17(20)14-7-8-14/h5-6,9-10,14,16H,1-4,7-8,11-12H2. The topological polar surface area (TPSA) is 20.3 Å². The fraction of sp³-hybridized carbons (Fsp3) is 0.588. The van der Waals surface area contributed by atoms with Gasteiger partial charge in [-0.2, -0.15) is 0 Å². The Morgan fingerprint density at radius 1 is 1.10 bits per heavy atom. The molecule has 0 aliphatic heterocycles. The molecule has 3 heteroatoms. The lowest BCUT2D eigenvalue weighted by molar-refractivity contribution is -0.134. The normalized spacial score (nSPS) is 19.2. The van der Waals surface area contributed by atoms with E-state index in [9.17, 15) is 9.18 Å². The van der Waals surface area contributed by atoms with E-state index in [-0.39, 0.29) is 5.82 Å². The van der Waals surface area contributed by atoms with Gasteiger partial charge in [0, 0.05) is 18.5 Å². The number of benzene rings is 1. The van der Waals surface area contributed by atoms with Crippen LogP contribution in [0, 0.1) is 11.7 Å². The van der Waals surface area contributed by atoms with Crippen molar-refractivity contribution in [3.63, 3.8) is 0 Å². The molecular formula is C17H22FNO. The van der Waals surface area contributed by atoms with Crippen LogP contribution in [-0.4, -0.2) is 23.4 Å².